The summed E-state index contributed by atoms with van der Waals surface area (Å²) < 4.78 is 16.4. The molecule has 0 radical (unpaired) electrons. The first-order valence-electron chi connectivity index (χ1n) is 10.8. The second-order valence-electron chi connectivity index (χ2n) is 7.77. The van der Waals surface area contributed by atoms with Gasteiger partial charge in [0.15, 0.2) is 5.96 Å². The molecule has 1 aromatic rings. The highest BCUT2D eigenvalue weighted by Crippen LogP contribution is 2.34. The van der Waals surface area contributed by atoms with Crippen LogP contribution >= 0.6 is 24.0 Å². The fourth-order valence-electron chi connectivity index (χ4n) is 4.41. The second-order valence-corrected chi connectivity index (χ2v) is 7.77. The van der Waals surface area contributed by atoms with Crippen molar-refractivity contribution < 1.29 is 14.2 Å². The van der Waals surface area contributed by atoms with E-state index < -0.39 is 0 Å². The molecular weight excluding hydrogens is 495 g/mol. The number of ether oxygens (including phenoxy) is 3. The Morgan fingerprint density at radius 1 is 1.07 bits per heavy atom. The maximum absolute atomic E-state index is 5.55. The highest BCUT2D eigenvalue weighted by Gasteiger charge is 2.30. The number of methoxy groups -OCH3 is 3. The van der Waals surface area contributed by atoms with Gasteiger partial charge in [0.05, 0.1) is 33.4 Å². The van der Waals surface area contributed by atoms with Crippen LogP contribution in [0, 0.1) is 0 Å². The highest BCUT2D eigenvalue weighted by molar-refractivity contribution is 14.0. The van der Waals surface area contributed by atoms with Crippen LogP contribution in [0.4, 0.5) is 0 Å². The third kappa shape index (κ3) is 6.29. The Morgan fingerprint density at radius 3 is 2.30 bits per heavy atom. The molecule has 1 unspecified atom stereocenters. The monoisotopic (exact) mass is 532 g/mol. The van der Waals surface area contributed by atoms with E-state index in [2.05, 4.69) is 22.5 Å². The number of hydrogen-bond acceptors (Lipinski definition) is 5. The molecule has 3 rings (SSSR count). The molecule has 0 amide bonds. The van der Waals surface area contributed by atoms with Gasteiger partial charge in [0.25, 0.3) is 0 Å². The molecular formula is C22H37IN4O3. The third-order valence-electron chi connectivity index (χ3n) is 5.96. The predicted molar refractivity (Wildman–Crippen MR) is 132 cm³/mol. The molecule has 1 heterocycles. The molecule has 0 aromatic heterocycles. The lowest BCUT2D eigenvalue weighted by Crippen LogP contribution is -2.45. The molecule has 2 aliphatic rings. The molecule has 2 fully saturated rings. The molecule has 1 saturated heterocycles. The van der Waals surface area contributed by atoms with Crippen molar-refractivity contribution >= 4 is 29.9 Å². The molecule has 0 spiro atoms. The molecule has 8 heteroatoms. The molecule has 170 valence electrons. The Hall–Kier alpha value is -1.42. The summed E-state index contributed by atoms with van der Waals surface area (Å²) in [5, 5.41) is 7.00. The van der Waals surface area contributed by atoms with Gasteiger partial charge in [-0.3, -0.25) is 4.90 Å². The van der Waals surface area contributed by atoms with E-state index in [1.165, 1.54) is 32.2 Å². The van der Waals surface area contributed by atoms with Crippen LogP contribution in [0.25, 0.3) is 0 Å². The molecule has 1 aromatic carbocycles. The molecule has 1 atom stereocenters. The molecule has 7 nitrogen and oxygen atoms in total. The predicted octanol–water partition coefficient (Wildman–Crippen LogP) is 3.40. The maximum Gasteiger partial charge on any atom is 0.191 e. The van der Waals surface area contributed by atoms with Crippen molar-refractivity contribution in [2.75, 3.05) is 41.0 Å². The van der Waals surface area contributed by atoms with Gasteiger partial charge in [-0.25, -0.2) is 4.99 Å². The van der Waals surface area contributed by atoms with E-state index in [0.29, 0.717) is 29.8 Å². The first kappa shape index (κ1) is 24.8. The van der Waals surface area contributed by atoms with Gasteiger partial charge in [-0.05, 0) is 26.2 Å². The largest absolute Gasteiger partial charge is 0.496 e. The third-order valence-corrected chi connectivity index (χ3v) is 5.96. The van der Waals surface area contributed by atoms with Crippen molar-refractivity contribution in [1.29, 1.82) is 0 Å². The summed E-state index contributed by atoms with van der Waals surface area (Å²) in [5.41, 5.74) is 0.909. The number of benzene rings is 1. The lowest BCUT2D eigenvalue weighted by Gasteiger charge is -2.24. The quantitative estimate of drug-likeness (QED) is 0.304. The van der Waals surface area contributed by atoms with Crippen LogP contribution in [-0.4, -0.2) is 63.9 Å². The van der Waals surface area contributed by atoms with Crippen LogP contribution in [0.5, 0.6) is 17.2 Å². The van der Waals surface area contributed by atoms with Crippen LogP contribution in [0.2, 0.25) is 0 Å². The summed E-state index contributed by atoms with van der Waals surface area (Å²) in [6, 6.07) is 4.95. The van der Waals surface area contributed by atoms with Crippen LogP contribution < -0.4 is 24.8 Å². The topological polar surface area (TPSA) is 67.4 Å². The van der Waals surface area contributed by atoms with Gasteiger partial charge in [-0.1, -0.05) is 12.8 Å². The molecule has 1 saturated carbocycles. The summed E-state index contributed by atoms with van der Waals surface area (Å²) >= 11 is 0. The van der Waals surface area contributed by atoms with Crippen LogP contribution in [0.15, 0.2) is 17.1 Å². The van der Waals surface area contributed by atoms with Crippen molar-refractivity contribution in [1.82, 2.24) is 15.5 Å². The Balaban J connectivity index is 0.00000320. The number of halogens is 1. The summed E-state index contributed by atoms with van der Waals surface area (Å²) in [5.74, 6) is 2.98. The van der Waals surface area contributed by atoms with Crippen LogP contribution in [0.1, 0.15) is 44.6 Å². The molecule has 2 N–H and O–H groups in total. The van der Waals surface area contributed by atoms with Crippen molar-refractivity contribution in [2.24, 2.45) is 4.99 Å². The summed E-state index contributed by atoms with van der Waals surface area (Å²) in [6.45, 7) is 5.66. The van der Waals surface area contributed by atoms with Crippen LogP contribution in [-0.2, 0) is 6.54 Å². The number of nitrogens with zero attached hydrogens (tertiary/aromatic N) is 2. The van der Waals surface area contributed by atoms with Gasteiger partial charge in [-0.15, -0.1) is 24.0 Å². The van der Waals surface area contributed by atoms with Crippen molar-refractivity contribution in [3.8, 4) is 17.2 Å². The number of rotatable bonds is 8. The minimum absolute atomic E-state index is 0. The van der Waals surface area contributed by atoms with Gasteiger partial charge < -0.3 is 24.8 Å². The van der Waals surface area contributed by atoms with E-state index in [9.17, 15) is 0 Å². The van der Waals surface area contributed by atoms with Crippen molar-refractivity contribution in [2.45, 2.75) is 57.7 Å². The summed E-state index contributed by atoms with van der Waals surface area (Å²) in [7, 11) is 4.94. The minimum atomic E-state index is 0. The lowest BCUT2D eigenvalue weighted by molar-refractivity contribution is 0.242. The molecule has 1 aliphatic heterocycles. The van der Waals surface area contributed by atoms with E-state index in [-0.39, 0.29) is 24.0 Å². The second kappa shape index (κ2) is 12.4. The van der Waals surface area contributed by atoms with E-state index >= 15 is 0 Å². The SMILES string of the molecule is CCNC(=NCc1c(OC)cc(OC)cc1OC)NC1CCN(C2CCCC2)C1.I. The van der Waals surface area contributed by atoms with E-state index in [0.717, 1.165) is 37.1 Å². The lowest BCUT2D eigenvalue weighted by atomic mass is 10.1. The number of nitrogens with one attached hydrogen (secondary N) is 2. The van der Waals surface area contributed by atoms with Gasteiger partial charge in [-0.2, -0.15) is 0 Å². The Kier molecular flexibility index (Phi) is 10.3. The van der Waals surface area contributed by atoms with E-state index in [1.807, 2.05) is 12.1 Å². The Morgan fingerprint density at radius 2 is 1.73 bits per heavy atom. The fraction of sp³-hybridized carbons (Fsp3) is 0.682. The molecule has 30 heavy (non-hydrogen) atoms. The normalized spacial score (nSPS) is 20.0. The van der Waals surface area contributed by atoms with E-state index in [1.54, 1.807) is 21.3 Å². The fourth-order valence-corrected chi connectivity index (χ4v) is 4.41. The zero-order chi connectivity index (χ0) is 20.6. The number of guanidine groups is 1. The summed E-state index contributed by atoms with van der Waals surface area (Å²) in [4.78, 5) is 7.47. The Labute approximate surface area is 197 Å². The highest BCUT2D eigenvalue weighted by atomic mass is 127. The average molecular weight is 532 g/mol. The zero-order valence-electron chi connectivity index (χ0n) is 18.7. The van der Waals surface area contributed by atoms with Crippen molar-refractivity contribution in [3.05, 3.63) is 17.7 Å². The first-order valence-corrected chi connectivity index (χ1v) is 10.8. The summed E-state index contributed by atoms with van der Waals surface area (Å²) in [6.07, 6.45) is 6.65. The smallest absolute Gasteiger partial charge is 0.191 e. The minimum Gasteiger partial charge on any atom is -0.496 e. The van der Waals surface area contributed by atoms with Crippen molar-refractivity contribution in [3.63, 3.8) is 0 Å². The van der Waals surface area contributed by atoms with Gasteiger partial charge in [0.1, 0.15) is 17.2 Å². The number of hydrogen-bond donors (Lipinski definition) is 2. The molecule has 1 aliphatic carbocycles. The molecule has 0 bridgehead atoms. The Bertz CT molecular complexity index is 670. The maximum atomic E-state index is 5.55. The van der Waals surface area contributed by atoms with Crippen LogP contribution in [0.3, 0.4) is 0 Å². The average Bonchev–Trinajstić information content (AvgIpc) is 3.43. The zero-order valence-corrected chi connectivity index (χ0v) is 21.0. The van der Waals surface area contributed by atoms with E-state index in [4.69, 9.17) is 19.2 Å². The van der Waals surface area contributed by atoms with Gasteiger partial charge >= 0.3 is 0 Å². The van der Waals surface area contributed by atoms with Gasteiger partial charge in [0.2, 0.25) is 0 Å². The van der Waals surface area contributed by atoms with Gasteiger partial charge in [0, 0.05) is 43.9 Å². The first-order chi connectivity index (χ1) is 14.2. The number of aliphatic imine (C=N–C) groups is 1. The standard InChI is InChI=1S/C22H36N4O3.HI/c1-5-23-22(25-16-10-11-26(15-16)17-8-6-7-9-17)24-14-19-20(28-3)12-18(27-2)13-21(19)29-4;/h12-13,16-17H,5-11,14-15H2,1-4H3,(H2,23,24,25);1H. The number of likely N-dealkylation sites (tertiary alicyclic amines) is 1.